The zero-order valence-corrected chi connectivity index (χ0v) is 19.1. The summed E-state index contributed by atoms with van der Waals surface area (Å²) in [4.78, 5) is 5.77. The Balaban J connectivity index is 2.11. The van der Waals surface area contributed by atoms with E-state index in [0.29, 0.717) is 25.6 Å². The minimum absolute atomic E-state index is 0.151. The Bertz CT molecular complexity index is 1070. The number of nitrogens with zero attached hydrogens (tertiary/aromatic N) is 3. The number of thiophene rings is 1. The Kier molecular flexibility index (Phi) is 5.71. The van der Waals surface area contributed by atoms with E-state index in [1.165, 1.54) is 28.2 Å². The predicted molar refractivity (Wildman–Crippen MR) is 115 cm³/mol. The number of aromatic nitrogens is 3. The molecule has 9 heteroatoms. The number of hydrogen-bond acceptors (Lipinski definition) is 3. The highest BCUT2D eigenvalue weighted by molar-refractivity contribution is 7.17. The molecule has 2 aromatic heterocycles. The summed E-state index contributed by atoms with van der Waals surface area (Å²) in [5.41, 5.74) is 3.43. The summed E-state index contributed by atoms with van der Waals surface area (Å²) in [6, 6.07) is 4.44. The summed E-state index contributed by atoms with van der Waals surface area (Å²) in [6.07, 6.45) is 0. The fraction of sp³-hybridized carbons (Fsp3) is 0.222. The van der Waals surface area contributed by atoms with Crippen molar-refractivity contribution < 1.29 is 4.39 Å². The summed E-state index contributed by atoms with van der Waals surface area (Å²) in [6.45, 7) is 6.45. The third-order valence-electron chi connectivity index (χ3n) is 3.50. The van der Waals surface area contributed by atoms with Crippen molar-refractivity contribution in [3.63, 3.8) is 0 Å². The normalized spacial score (nSPS) is 11.4. The van der Waals surface area contributed by atoms with Gasteiger partial charge in [-0.3, -0.25) is 0 Å². The van der Waals surface area contributed by atoms with Gasteiger partial charge in [0.15, 0.2) is 11.6 Å². The summed E-state index contributed by atoms with van der Waals surface area (Å²) >= 11 is 20.3. The lowest BCUT2D eigenvalue weighted by Gasteiger charge is -2.02. The molecular weight excluding hydrogens is 444 g/mol. The van der Waals surface area contributed by atoms with Gasteiger partial charge in [0.05, 0.1) is 30.4 Å². The van der Waals surface area contributed by atoms with Gasteiger partial charge in [0.25, 0.3) is 0 Å². The molecule has 0 aliphatic rings. The number of hydrogen-bond donors (Lipinski definition) is 0. The second kappa shape index (κ2) is 7.57. The van der Waals surface area contributed by atoms with Gasteiger partial charge in [-0.15, -0.1) is 16.9 Å². The van der Waals surface area contributed by atoms with Crippen LogP contribution in [0.5, 0.6) is 0 Å². The average Bonchev–Trinajstić information content (AvgIpc) is 3.06. The second-order valence-corrected chi connectivity index (χ2v) is 13.8. The summed E-state index contributed by atoms with van der Waals surface area (Å²) < 4.78 is 15.7. The molecular formula is C18H15Cl3FN3SSi. The Morgan fingerprint density at radius 3 is 2.48 bits per heavy atom. The standard InChI is InChI=1S/C18H15Cl3FN3SSi/c1-25-18(23-17(24-25)13-10(19)6-5-7-11(13)22)16-15(21)14(20)12(26-16)8-9-27(2,3)4/h5-7H,1-4H3. The summed E-state index contributed by atoms with van der Waals surface area (Å²) in [5.74, 6) is 3.31. The Morgan fingerprint density at radius 2 is 1.85 bits per heavy atom. The van der Waals surface area contributed by atoms with E-state index in [1.54, 1.807) is 13.1 Å². The summed E-state index contributed by atoms with van der Waals surface area (Å²) in [5, 5.41) is 5.30. The van der Waals surface area contributed by atoms with Crippen molar-refractivity contribution in [2.75, 3.05) is 0 Å². The van der Waals surface area contributed by atoms with E-state index >= 15 is 0 Å². The van der Waals surface area contributed by atoms with E-state index in [1.807, 2.05) is 0 Å². The molecule has 0 saturated heterocycles. The number of halogens is 4. The van der Waals surface area contributed by atoms with Gasteiger partial charge in [0.2, 0.25) is 0 Å². The quantitative estimate of drug-likeness (QED) is 0.322. The Labute approximate surface area is 177 Å². The fourth-order valence-corrected chi connectivity index (χ4v) is 4.72. The van der Waals surface area contributed by atoms with Crippen LogP contribution in [0.3, 0.4) is 0 Å². The molecule has 0 fully saturated rings. The number of aryl methyl sites for hydroxylation is 1. The van der Waals surface area contributed by atoms with Gasteiger partial charge in [-0.1, -0.05) is 66.4 Å². The smallest absolute Gasteiger partial charge is 0.186 e. The molecule has 0 N–H and O–H groups in total. The molecule has 0 aliphatic heterocycles. The van der Waals surface area contributed by atoms with Gasteiger partial charge in [-0.2, -0.15) is 5.10 Å². The fourth-order valence-electron chi connectivity index (χ4n) is 2.26. The van der Waals surface area contributed by atoms with Gasteiger partial charge in [0.1, 0.15) is 13.9 Å². The molecule has 3 aromatic rings. The molecule has 0 aliphatic carbocycles. The van der Waals surface area contributed by atoms with Crippen LogP contribution >= 0.6 is 46.1 Å². The summed E-state index contributed by atoms with van der Waals surface area (Å²) in [7, 11) is 0.147. The molecule has 0 amide bonds. The molecule has 0 bridgehead atoms. The first kappa shape index (κ1) is 20.4. The van der Waals surface area contributed by atoms with Crippen LogP contribution < -0.4 is 0 Å². The van der Waals surface area contributed by atoms with Crippen molar-refractivity contribution in [3.8, 4) is 33.6 Å². The zero-order chi connectivity index (χ0) is 19.9. The van der Waals surface area contributed by atoms with Crippen molar-refractivity contribution in [3.05, 3.63) is 44.0 Å². The third kappa shape index (κ3) is 4.23. The van der Waals surface area contributed by atoms with E-state index in [2.05, 4.69) is 41.2 Å². The molecule has 0 saturated carbocycles. The van der Waals surface area contributed by atoms with Gasteiger partial charge in [-0.05, 0) is 12.1 Å². The van der Waals surface area contributed by atoms with E-state index in [9.17, 15) is 4.39 Å². The van der Waals surface area contributed by atoms with Crippen LogP contribution in [0.1, 0.15) is 4.88 Å². The lowest BCUT2D eigenvalue weighted by molar-refractivity contribution is 0.629. The molecule has 0 spiro atoms. The molecule has 140 valence electrons. The highest BCUT2D eigenvalue weighted by Crippen LogP contribution is 2.43. The highest BCUT2D eigenvalue weighted by Gasteiger charge is 2.23. The highest BCUT2D eigenvalue weighted by atomic mass is 35.5. The minimum atomic E-state index is -1.56. The van der Waals surface area contributed by atoms with Crippen LogP contribution in [0.25, 0.3) is 22.1 Å². The van der Waals surface area contributed by atoms with Gasteiger partial charge < -0.3 is 0 Å². The molecule has 1 aromatic carbocycles. The molecule has 3 rings (SSSR count). The monoisotopic (exact) mass is 457 g/mol. The first-order valence-corrected chi connectivity index (χ1v) is 13.4. The van der Waals surface area contributed by atoms with Crippen LogP contribution in [-0.4, -0.2) is 22.8 Å². The maximum Gasteiger partial charge on any atom is 0.186 e. The average molecular weight is 459 g/mol. The lowest BCUT2D eigenvalue weighted by atomic mass is 10.2. The van der Waals surface area contributed by atoms with Crippen molar-refractivity contribution >= 4 is 54.2 Å². The molecule has 2 heterocycles. The predicted octanol–water partition coefficient (Wildman–Crippen LogP) is 6.54. The van der Waals surface area contributed by atoms with E-state index in [-0.39, 0.29) is 16.4 Å². The zero-order valence-electron chi connectivity index (χ0n) is 15.0. The van der Waals surface area contributed by atoms with Gasteiger partial charge in [-0.25, -0.2) is 14.1 Å². The molecule has 27 heavy (non-hydrogen) atoms. The Hall–Kier alpha value is -1.36. The van der Waals surface area contributed by atoms with E-state index in [0.717, 1.165) is 0 Å². The van der Waals surface area contributed by atoms with Crippen molar-refractivity contribution in [1.29, 1.82) is 0 Å². The van der Waals surface area contributed by atoms with Crippen LogP contribution in [0.4, 0.5) is 4.39 Å². The SMILES string of the molecule is Cn1nc(-c2c(F)cccc2Cl)nc1-c1sc(C#C[Si](C)(C)C)c(Cl)c1Cl. The molecule has 0 atom stereocenters. The number of benzene rings is 1. The first-order chi connectivity index (χ1) is 12.6. The lowest BCUT2D eigenvalue weighted by Crippen LogP contribution is -2.16. The topological polar surface area (TPSA) is 30.7 Å². The molecule has 0 unspecified atom stereocenters. The van der Waals surface area contributed by atoms with Crippen LogP contribution in [0.15, 0.2) is 18.2 Å². The maximum atomic E-state index is 14.2. The molecule has 3 nitrogen and oxygen atoms in total. The van der Waals surface area contributed by atoms with E-state index < -0.39 is 13.9 Å². The third-order valence-corrected chi connectivity index (χ3v) is 6.87. The van der Waals surface area contributed by atoms with Crippen LogP contribution in [-0.2, 0) is 7.05 Å². The largest absolute Gasteiger partial charge is 0.248 e. The minimum Gasteiger partial charge on any atom is -0.248 e. The first-order valence-electron chi connectivity index (χ1n) is 7.95. The van der Waals surface area contributed by atoms with Crippen molar-refractivity contribution in [1.82, 2.24) is 14.8 Å². The van der Waals surface area contributed by atoms with E-state index in [4.69, 9.17) is 34.8 Å². The maximum absolute atomic E-state index is 14.2. The molecule has 0 radical (unpaired) electrons. The second-order valence-electron chi connectivity index (χ2n) is 6.87. The number of rotatable bonds is 2. The Morgan fingerprint density at radius 1 is 1.15 bits per heavy atom. The van der Waals surface area contributed by atoms with Crippen LogP contribution in [0.2, 0.25) is 34.7 Å². The van der Waals surface area contributed by atoms with Gasteiger partial charge >= 0.3 is 0 Å². The van der Waals surface area contributed by atoms with Crippen LogP contribution in [0, 0.1) is 17.3 Å². The van der Waals surface area contributed by atoms with Gasteiger partial charge in [0, 0.05) is 7.05 Å². The van der Waals surface area contributed by atoms with Crippen molar-refractivity contribution in [2.24, 2.45) is 7.05 Å². The van der Waals surface area contributed by atoms with Crippen molar-refractivity contribution in [2.45, 2.75) is 19.6 Å².